The van der Waals surface area contributed by atoms with Crippen LogP contribution in [0.15, 0.2) is 24.3 Å². The van der Waals surface area contributed by atoms with E-state index >= 15 is 0 Å². The Kier molecular flexibility index (Phi) is 6.49. The van der Waals surface area contributed by atoms with Gasteiger partial charge in [0.05, 0.1) is 6.61 Å². The molecule has 0 aromatic heterocycles. The maximum absolute atomic E-state index is 8.65. The van der Waals surface area contributed by atoms with Crippen LogP contribution in [0.3, 0.4) is 0 Å². The Morgan fingerprint density at radius 3 is 2.50 bits per heavy atom. The highest BCUT2D eigenvalue weighted by molar-refractivity contribution is 5.36. The SMILES string of the molecule is CCC(C)N(C)Cc1ccc(C#CCCO)cc1. The van der Waals surface area contributed by atoms with Crippen molar-refractivity contribution in [3.63, 3.8) is 0 Å². The van der Waals surface area contributed by atoms with Crippen LogP contribution in [0.2, 0.25) is 0 Å². The van der Waals surface area contributed by atoms with Crippen LogP contribution in [0.5, 0.6) is 0 Å². The third-order valence-corrected chi connectivity index (χ3v) is 3.20. The number of hydrogen-bond acceptors (Lipinski definition) is 2. The Bertz CT molecular complexity index is 399. The van der Waals surface area contributed by atoms with Crippen molar-refractivity contribution in [1.29, 1.82) is 0 Å². The minimum atomic E-state index is 0.130. The summed E-state index contributed by atoms with van der Waals surface area (Å²) in [6.07, 6.45) is 1.71. The Morgan fingerprint density at radius 1 is 1.28 bits per heavy atom. The van der Waals surface area contributed by atoms with Gasteiger partial charge in [-0.25, -0.2) is 0 Å². The predicted octanol–water partition coefficient (Wildman–Crippen LogP) is 2.65. The molecule has 1 atom stereocenters. The molecule has 1 N–H and O–H groups in total. The van der Waals surface area contributed by atoms with Crippen molar-refractivity contribution in [3.05, 3.63) is 35.4 Å². The normalized spacial score (nSPS) is 12.1. The number of hydrogen-bond donors (Lipinski definition) is 1. The molecule has 1 rings (SSSR count). The lowest BCUT2D eigenvalue weighted by Crippen LogP contribution is -2.27. The van der Waals surface area contributed by atoms with Gasteiger partial charge >= 0.3 is 0 Å². The molecule has 0 saturated carbocycles. The van der Waals surface area contributed by atoms with Gasteiger partial charge in [-0.2, -0.15) is 0 Å². The van der Waals surface area contributed by atoms with Gasteiger partial charge in [-0.1, -0.05) is 30.9 Å². The van der Waals surface area contributed by atoms with Crippen LogP contribution in [0, 0.1) is 11.8 Å². The predicted molar refractivity (Wildman–Crippen MR) is 76.2 cm³/mol. The van der Waals surface area contributed by atoms with Crippen molar-refractivity contribution in [3.8, 4) is 11.8 Å². The maximum atomic E-state index is 8.65. The van der Waals surface area contributed by atoms with E-state index in [9.17, 15) is 0 Å². The van der Waals surface area contributed by atoms with Gasteiger partial charge in [0.25, 0.3) is 0 Å². The van der Waals surface area contributed by atoms with Crippen LogP contribution in [-0.4, -0.2) is 29.7 Å². The Morgan fingerprint density at radius 2 is 1.94 bits per heavy atom. The number of aliphatic hydroxyl groups is 1. The smallest absolute Gasteiger partial charge is 0.0540 e. The van der Waals surface area contributed by atoms with Gasteiger partial charge in [0.2, 0.25) is 0 Å². The van der Waals surface area contributed by atoms with Crippen molar-refractivity contribution < 1.29 is 5.11 Å². The molecule has 2 heteroatoms. The molecular formula is C16H23NO. The quantitative estimate of drug-likeness (QED) is 0.806. The summed E-state index contributed by atoms with van der Waals surface area (Å²) in [5.41, 5.74) is 2.32. The Balaban J connectivity index is 2.58. The average Bonchev–Trinajstić information content (AvgIpc) is 2.40. The van der Waals surface area contributed by atoms with Crippen LogP contribution in [0.1, 0.15) is 37.8 Å². The molecule has 0 bridgehead atoms. The maximum Gasteiger partial charge on any atom is 0.0540 e. The molecule has 1 unspecified atom stereocenters. The molecule has 0 saturated heterocycles. The molecule has 18 heavy (non-hydrogen) atoms. The van der Waals surface area contributed by atoms with Crippen LogP contribution in [-0.2, 0) is 6.54 Å². The van der Waals surface area contributed by atoms with E-state index in [1.165, 1.54) is 12.0 Å². The molecule has 0 fully saturated rings. The number of benzene rings is 1. The summed E-state index contributed by atoms with van der Waals surface area (Å²) >= 11 is 0. The Hall–Kier alpha value is -1.30. The van der Waals surface area contributed by atoms with Gasteiger partial charge in [-0.3, -0.25) is 4.90 Å². The van der Waals surface area contributed by atoms with E-state index in [1.807, 2.05) is 12.1 Å². The van der Waals surface area contributed by atoms with Crippen molar-refractivity contribution in [2.24, 2.45) is 0 Å². The first kappa shape index (κ1) is 14.8. The summed E-state index contributed by atoms with van der Waals surface area (Å²) in [7, 11) is 2.16. The fraction of sp³-hybridized carbons (Fsp3) is 0.500. The molecule has 0 amide bonds. The topological polar surface area (TPSA) is 23.5 Å². The fourth-order valence-corrected chi connectivity index (χ4v) is 1.67. The lowest BCUT2D eigenvalue weighted by atomic mass is 10.1. The zero-order valence-corrected chi connectivity index (χ0v) is 11.6. The van der Waals surface area contributed by atoms with Gasteiger partial charge in [-0.15, -0.1) is 0 Å². The van der Waals surface area contributed by atoms with E-state index in [1.54, 1.807) is 0 Å². The average molecular weight is 245 g/mol. The molecule has 0 radical (unpaired) electrons. The third kappa shape index (κ3) is 4.91. The molecule has 0 heterocycles. The monoisotopic (exact) mass is 245 g/mol. The fourth-order valence-electron chi connectivity index (χ4n) is 1.67. The summed E-state index contributed by atoms with van der Waals surface area (Å²) in [6.45, 7) is 5.56. The molecule has 0 aliphatic carbocycles. The summed E-state index contributed by atoms with van der Waals surface area (Å²) in [4.78, 5) is 2.35. The molecule has 0 spiro atoms. The number of nitrogens with zero attached hydrogens (tertiary/aromatic N) is 1. The lowest BCUT2D eigenvalue weighted by Gasteiger charge is -2.23. The molecule has 98 valence electrons. The van der Waals surface area contributed by atoms with Gasteiger partial charge < -0.3 is 5.11 Å². The zero-order valence-electron chi connectivity index (χ0n) is 11.6. The van der Waals surface area contributed by atoms with Gasteiger partial charge in [0, 0.05) is 24.6 Å². The first-order valence-electron chi connectivity index (χ1n) is 6.56. The summed E-state index contributed by atoms with van der Waals surface area (Å²) in [5.74, 6) is 5.96. The summed E-state index contributed by atoms with van der Waals surface area (Å²) in [6, 6.07) is 8.95. The molecule has 2 nitrogen and oxygen atoms in total. The molecule has 1 aromatic carbocycles. The zero-order chi connectivity index (χ0) is 13.4. The van der Waals surface area contributed by atoms with Crippen molar-refractivity contribution in [2.45, 2.75) is 39.3 Å². The first-order chi connectivity index (χ1) is 8.67. The number of rotatable bonds is 5. The standard InChI is InChI=1S/C16H23NO/c1-4-14(2)17(3)13-16-10-8-15(9-11-16)7-5-6-12-18/h8-11,14,18H,4,6,12-13H2,1-3H3. The third-order valence-electron chi connectivity index (χ3n) is 3.20. The highest BCUT2D eigenvalue weighted by Crippen LogP contribution is 2.09. The van der Waals surface area contributed by atoms with E-state index in [0.717, 1.165) is 12.1 Å². The minimum Gasteiger partial charge on any atom is -0.395 e. The second-order valence-corrected chi connectivity index (χ2v) is 4.64. The largest absolute Gasteiger partial charge is 0.395 e. The van der Waals surface area contributed by atoms with Crippen LogP contribution < -0.4 is 0 Å². The van der Waals surface area contributed by atoms with Crippen LogP contribution in [0.25, 0.3) is 0 Å². The van der Waals surface area contributed by atoms with E-state index in [-0.39, 0.29) is 6.61 Å². The van der Waals surface area contributed by atoms with E-state index in [2.05, 4.69) is 49.8 Å². The highest BCUT2D eigenvalue weighted by Gasteiger charge is 2.06. The van der Waals surface area contributed by atoms with Gasteiger partial charge in [-0.05, 0) is 38.1 Å². The molecule has 0 aliphatic heterocycles. The molecule has 0 aliphatic rings. The van der Waals surface area contributed by atoms with E-state index in [0.29, 0.717) is 12.5 Å². The second kappa shape index (κ2) is 7.92. The van der Waals surface area contributed by atoms with Crippen molar-refractivity contribution in [1.82, 2.24) is 4.90 Å². The van der Waals surface area contributed by atoms with Crippen molar-refractivity contribution in [2.75, 3.05) is 13.7 Å². The lowest BCUT2D eigenvalue weighted by molar-refractivity contribution is 0.244. The van der Waals surface area contributed by atoms with E-state index in [4.69, 9.17) is 5.11 Å². The van der Waals surface area contributed by atoms with Crippen LogP contribution in [0.4, 0.5) is 0 Å². The highest BCUT2D eigenvalue weighted by atomic mass is 16.2. The van der Waals surface area contributed by atoms with E-state index < -0.39 is 0 Å². The van der Waals surface area contributed by atoms with Crippen molar-refractivity contribution >= 4 is 0 Å². The minimum absolute atomic E-state index is 0.130. The van der Waals surface area contributed by atoms with Gasteiger partial charge in [0.15, 0.2) is 0 Å². The van der Waals surface area contributed by atoms with Gasteiger partial charge in [0.1, 0.15) is 0 Å². The summed E-state index contributed by atoms with van der Waals surface area (Å²) < 4.78 is 0. The summed E-state index contributed by atoms with van der Waals surface area (Å²) in [5, 5.41) is 8.65. The molecule has 1 aromatic rings. The second-order valence-electron chi connectivity index (χ2n) is 4.64. The van der Waals surface area contributed by atoms with Crippen LogP contribution >= 0.6 is 0 Å². The number of aliphatic hydroxyl groups excluding tert-OH is 1. The first-order valence-corrected chi connectivity index (χ1v) is 6.56. The Labute approximate surface area is 111 Å². The molecular weight excluding hydrogens is 222 g/mol.